The molecule has 1 heterocycles. The maximum absolute atomic E-state index is 11.7. The van der Waals surface area contributed by atoms with Crippen LogP contribution < -0.4 is 5.32 Å². The van der Waals surface area contributed by atoms with Gasteiger partial charge in [-0.2, -0.15) is 0 Å². The minimum Gasteiger partial charge on any atom is -0.444 e. The number of aromatic amines is 1. The van der Waals surface area contributed by atoms with Crippen molar-refractivity contribution in [2.75, 3.05) is 20.1 Å². The summed E-state index contributed by atoms with van der Waals surface area (Å²) in [5, 5.41) is 3.25. The molecular formula is C13H24N4O2. The number of hydrogen-bond acceptors (Lipinski definition) is 4. The van der Waals surface area contributed by atoms with Crippen LogP contribution in [-0.2, 0) is 11.3 Å². The lowest BCUT2D eigenvalue weighted by molar-refractivity contribution is 0.0300. The number of H-pyrrole nitrogens is 1. The second kappa shape index (κ2) is 6.56. The van der Waals surface area contributed by atoms with Gasteiger partial charge in [0.2, 0.25) is 0 Å². The van der Waals surface area contributed by atoms with Crippen LogP contribution in [-0.4, -0.2) is 46.7 Å². The van der Waals surface area contributed by atoms with Crippen LogP contribution in [0.2, 0.25) is 0 Å². The summed E-state index contributed by atoms with van der Waals surface area (Å²) in [6.07, 6.45) is 1.38. The van der Waals surface area contributed by atoms with E-state index in [0.29, 0.717) is 19.6 Å². The van der Waals surface area contributed by atoms with Crippen LogP contribution in [0, 0.1) is 6.92 Å². The lowest BCUT2D eigenvalue weighted by Crippen LogP contribution is -2.37. The van der Waals surface area contributed by atoms with Crippen molar-refractivity contribution < 1.29 is 9.53 Å². The highest BCUT2D eigenvalue weighted by Gasteiger charge is 2.19. The minimum absolute atomic E-state index is 0.301. The van der Waals surface area contributed by atoms with Gasteiger partial charge in [-0.3, -0.25) is 0 Å². The van der Waals surface area contributed by atoms with E-state index in [1.165, 1.54) is 0 Å². The molecule has 0 saturated carbocycles. The molecule has 108 valence electrons. The molecule has 1 aromatic heterocycles. The zero-order valence-electron chi connectivity index (χ0n) is 12.4. The number of nitrogens with one attached hydrogen (secondary N) is 2. The molecule has 1 amide bonds. The van der Waals surface area contributed by atoms with E-state index in [1.54, 1.807) is 18.3 Å². The van der Waals surface area contributed by atoms with E-state index >= 15 is 0 Å². The monoisotopic (exact) mass is 268 g/mol. The smallest absolute Gasteiger partial charge is 0.410 e. The van der Waals surface area contributed by atoms with Crippen molar-refractivity contribution in [3.63, 3.8) is 0 Å². The average Bonchev–Trinajstić information content (AvgIpc) is 2.68. The number of hydrogen-bond donors (Lipinski definition) is 2. The number of likely N-dealkylation sites (N-methyl/N-ethyl adjacent to an activating group) is 1. The third-order valence-electron chi connectivity index (χ3n) is 2.56. The summed E-state index contributed by atoms with van der Waals surface area (Å²) in [5.41, 5.74) is 1.61. The van der Waals surface area contributed by atoms with Gasteiger partial charge in [-0.25, -0.2) is 9.78 Å². The Morgan fingerprint density at radius 3 is 2.74 bits per heavy atom. The van der Waals surface area contributed by atoms with Crippen molar-refractivity contribution in [2.24, 2.45) is 0 Å². The first kappa shape index (κ1) is 15.5. The molecule has 0 spiro atoms. The molecule has 6 heteroatoms. The van der Waals surface area contributed by atoms with Gasteiger partial charge < -0.3 is 19.9 Å². The Kier molecular flexibility index (Phi) is 5.35. The van der Waals surface area contributed by atoms with Gasteiger partial charge in [0.1, 0.15) is 5.60 Å². The SMILES string of the molecule is Cc1[nH]cnc1CNCCN(C)C(=O)OC(C)(C)C. The zero-order valence-corrected chi connectivity index (χ0v) is 12.4. The summed E-state index contributed by atoms with van der Waals surface area (Å²) in [6, 6.07) is 0. The molecule has 0 aliphatic heterocycles. The number of nitrogens with zero attached hydrogens (tertiary/aromatic N) is 2. The summed E-state index contributed by atoms with van der Waals surface area (Å²) in [4.78, 5) is 20.5. The molecule has 0 unspecified atom stereocenters. The maximum atomic E-state index is 11.7. The zero-order chi connectivity index (χ0) is 14.5. The lowest BCUT2D eigenvalue weighted by Gasteiger charge is -2.24. The molecule has 0 aliphatic carbocycles. The van der Waals surface area contributed by atoms with Crippen molar-refractivity contribution >= 4 is 6.09 Å². The highest BCUT2D eigenvalue weighted by atomic mass is 16.6. The Labute approximate surface area is 114 Å². The molecule has 0 saturated heterocycles. The van der Waals surface area contributed by atoms with E-state index in [4.69, 9.17) is 4.74 Å². The largest absolute Gasteiger partial charge is 0.444 e. The van der Waals surface area contributed by atoms with E-state index < -0.39 is 5.60 Å². The molecule has 0 radical (unpaired) electrons. The van der Waals surface area contributed by atoms with Crippen LogP contribution in [0.15, 0.2) is 6.33 Å². The van der Waals surface area contributed by atoms with Crippen LogP contribution in [0.25, 0.3) is 0 Å². The van der Waals surface area contributed by atoms with Crippen molar-refractivity contribution in [2.45, 2.75) is 39.8 Å². The minimum atomic E-state index is -0.453. The van der Waals surface area contributed by atoms with E-state index in [9.17, 15) is 4.79 Å². The topological polar surface area (TPSA) is 70.2 Å². The number of ether oxygens (including phenoxy) is 1. The molecule has 6 nitrogen and oxygen atoms in total. The fourth-order valence-corrected chi connectivity index (χ4v) is 1.45. The predicted molar refractivity (Wildman–Crippen MR) is 73.9 cm³/mol. The van der Waals surface area contributed by atoms with Gasteiger partial charge in [-0.15, -0.1) is 0 Å². The normalized spacial score (nSPS) is 11.4. The molecule has 2 N–H and O–H groups in total. The van der Waals surface area contributed by atoms with Crippen molar-refractivity contribution in [1.29, 1.82) is 0 Å². The van der Waals surface area contributed by atoms with Gasteiger partial charge in [-0.1, -0.05) is 0 Å². The number of amides is 1. The Balaban J connectivity index is 2.22. The summed E-state index contributed by atoms with van der Waals surface area (Å²) >= 11 is 0. The quantitative estimate of drug-likeness (QED) is 0.797. The summed E-state index contributed by atoms with van der Waals surface area (Å²) in [5.74, 6) is 0. The molecule has 0 fully saturated rings. The Morgan fingerprint density at radius 2 is 2.21 bits per heavy atom. The van der Waals surface area contributed by atoms with Gasteiger partial charge in [0.25, 0.3) is 0 Å². The second-order valence-corrected chi connectivity index (χ2v) is 5.55. The Morgan fingerprint density at radius 1 is 1.53 bits per heavy atom. The van der Waals surface area contributed by atoms with Gasteiger partial charge in [0, 0.05) is 32.4 Å². The average molecular weight is 268 g/mol. The molecule has 0 bridgehead atoms. The number of carbonyl (C=O) groups excluding carboxylic acids is 1. The van der Waals surface area contributed by atoms with E-state index in [1.807, 2.05) is 27.7 Å². The molecule has 1 rings (SSSR count). The van der Waals surface area contributed by atoms with Crippen molar-refractivity contribution in [3.05, 3.63) is 17.7 Å². The van der Waals surface area contributed by atoms with E-state index in [-0.39, 0.29) is 6.09 Å². The van der Waals surface area contributed by atoms with Gasteiger partial charge >= 0.3 is 6.09 Å². The van der Waals surface area contributed by atoms with Gasteiger partial charge in [0.15, 0.2) is 0 Å². The maximum Gasteiger partial charge on any atom is 0.410 e. The molecular weight excluding hydrogens is 244 g/mol. The molecule has 0 aliphatic rings. The Bertz CT molecular complexity index is 409. The van der Waals surface area contributed by atoms with Crippen molar-refractivity contribution in [1.82, 2.24) is 20.2 Å². The van der Waals surface area contributed by atoms with Gasteiger partial charge in [0.05, 0.1) is 12.0 Å². The van der Waals surface area contributed by atoms with Crippen LogP contribution in [0.1, 0.15) is 32.2 Å². The number of rotatable bonds is 5. The van der Waals surface area contributed by atoms with Crippen LogP contribution in [0.3, 0.4) is 0 Å². The summed E-state index contributed by atoms with van der Waals surface area (Å²) in [7, 11) is 1.73. The standard InChI is InChI=1S/C13H24N4O2/c1-10-11(16-9-15-10)8-14-6-7-17(5)12(18)19-13(2,3)4/h9,14H,6-8H2,1-5H3,(H,15,16). The molecule has 1 aromatic rings. The molecule has 0 atom stereocenters. The highest BCUT2D eigenvalue weighted by Crippen LogP contribution is 2.08. The lowest BCUT2D eigenvalue weighted by atomic mass is 10.2. The fraction of sp³-hybridized carbons (Fsp3) is 0.692. The van der Waals surface area contributed by atoms with Crippen LogP contribution in [0.5, 0.6) is 0 Å². The number of aryl methyl sites for hydroxylation is 1. The third-order valence-corrected chi connectivity index (χ3v) is 2.56. The molecule has 0 aromatic carbocycles. The first-order chi connectivity index (χ1) is 8.79. The fourth-order valence-electron chi connectivity index (χ4n) is 1.45. The van der Waals surface area contributed by atoms with Crippen molar-refractivity contribution in [3.8, 4) is 0 Å². The first-order valence-corrected chi connectivity index (χ1v) is 6.43. The summed E-state index contributed by atoms with van der Waals surface area (Å²) < 4.78 is 5.26. The number of carbonyl (C=O) groups is 1. The van der Waals surface area contributed by atoms with E-state index in [2.05, 4.69) is 15.3 Å². The Hall–Kier alpha value is -1.56. The predicted octanol–water partition coefficient (Wildman–Crippen LogP) is 1.67. The van der Waals surface area contributed by atoms with E-state index in [0.717, 1.165) is 11.4 Å². The van der Waals surface area contributed by atoms with Crippen LogP contribution in [0.4, 0.5) is 4.79 Å². The highest BCUT2D eigenvalue weighted by molar-refractivity contribution is 5.67. The third kappa shape index (κ3) is 5.74. The summed E-state index contributed by atoms with van der Waals surface area (Å²) in [6.45, 7) is 9.54. The molecule has 19 heavy (non-hydrogen) atoms. The number of imidazole rings is 1. The van der Waals surface area contributed by atoms with Crippen LogP contribution >= 0.6 is 0 Å². The number of aromatic nitrogens is 2. The first-order valence-electron chi connectivity index (χ1n) is 6.43. The second-order valence-electron chi connectivity index (χ2n) is 5.55. The van der Waals surface area contributed by atoms with Gasteiger partial charge in [-0.05, 0) is 27.7 Å².